The van der Waals surface area contributed by atoms with Crippen molar-refractivity contribution < 1.29 is 23.5 Å². The lowest BCUT2D eigenvalue weighted by Gasteiger charge is -2.32. The minimum atomic E-state index is -0.473. The number of pyridine rings is 1. The van der Waals surface area contributed by atoms with Gasteiger partial charge in [0, 0.05) is 31.0 Å². The fraction of sp³-hybridized carbons (Fsp3) is 0.296. The zero-order valence-corrected chi connectivity index (χ0v) is 20.8. The molecule has 0 bridgehead atoms. The van der Waals surface area contributed by atoms with Gasteiger partial charge in [0.25, 0.3) is 11.8 Å². The molecule has 1 fully saturated rings. The minimum absolute atomic E-state index is 0.138. The molecule has 1 N–H and O–H groups in total. The van der Waals surface area contributed by atoms with Crippen molar-refractivity contribution in [1.29, 1.82) is 0 Å². The summed E-state index contributed by atoms with van der Waals surface area (Å²) in [7, 11) is 1.39. The van der Waals surface area contributed by atoms with Crippen molar-refractivity contribution in [3.05, 3.63) is 82.3 Å². The summed E-state index contributed by atoms with van der Waals surface area (Å²) in [6, 6.07) is 13.0. The third-order valence-corrected chi connectivity index (χ3v) is 6.37. The van der Waals surface area contributed by atoms with Gasteiger partial charge in [-0.15, -0.1) is 0 Å². The molecule has 2 heterocycles. The van der Waals surface area contributed by atoms with Crippen LogP contribution in [0.5, 0.6) is 11.6 Å². The highest BCUT2D eigenvalue weighted by atomic mass is 35.5. The largest absolute Gasteiger partial charge is 0.496 e. The Labute approximate surface area is 214 Å². The molecule has 188 valence electrons. The Morgan fingerprint density at radius 3 is 2.50 bits per heavy atom. The Balaban J connectivity index is 1.37. The summed E-state index contributed by atoms with van der Waals surface area (Å²) in [6.45, 7) is 3.45. The van der Waals surface area contributed by atoms with E-state index in [1.165, 1.54) is 31.5 Å². The van der Waals surface area contributed by atoms with Gasteiger partial charge in [0.2, 0.25) is 5.88 Å². The van der Waals surface area contributed by atoms with Crippen LogP contribution in [-0.2, 0) is 0 Å². The van der Waals surface area contributed by atoms with Gasteiger partial charge in [-0.2, -0.15) is 0 Å². The van der Waals surface area contributed by atoms with Crippen molar-refractivity contribution in [3.8, 4) is 11.6 Å². The molecular weight excluding hydrogens is 485 g/mol. The number of likely N-dealkylation sites (tertiary alicyclic amines) is 1. The van der Waals surface area contributed by atoms with Crippen LogP contribution in [0.3, 0.4) is 0 Å². The Hall–Kier alpha value is -3.65. The Bertz CT molecular complexity index is 1240. The van der Waals surface area contributed by atoms with Crippen molar-refractivity contribution in [1.82, 2.24) is 9.88 Å². The maximum atomic E-state index is 13.4. The number of carbonyl (C=O) groups is 2. The molecule has 3 aromatic rings. The van der Waals surface area contributed by atoms with E-state index in [9.17, 15) is 14.0 Å². The second-order valence-electron chi connectivity index (χ2n) is 8.43. The van der Waals surface area contributed by atoms with Crippen LogP contribution in [0.4, 0.5) is 10.1 Å². The molecule has 7 nitrogen and oxygen atoms in total. The fourth-order valence-electron chi connectivity index (χ4n) is 4.31. The van der Waals surface area contributed by atoms with Gasteiger partial charge >= 0.3 is 0 Å². The molecule has 4 rings (SSSR count). The van der Waals surface area contributed by atoms with Crippen LogP contribution in [0.2, 0.25) is 5.02 Å². The molecule has 0 saturated carbocycles. The Kier molecular flexibility index (Phi) is 8.05. The Morgan fingerprint density at radius 2 is 1.83 bits per heavy atom. The van der Waals surface area contributed by atoms with Crippen molar-refractivity contribution in [2.24, 2.45) is 0 Å². The maximum Gasteiger partial charge on any atom is 0.259 e. The van der Waals surface area contributed by atoms with Gasteiger partial charge in [0.05, 0.1) is 24.3 Å². The molecule has 36 heavy (non-hydrogen) atoms. The third-order valence-electron chi connectivity index (χ3n) is 6.16. The lowest BCUT2D eigenvalue weighted by Crippen LogP contribution is -2.38. The molecular formula is C27H27ClFN3O4. The molecule has 1 aliphatic rings. The number of hydrogen-bond acceptors (Lipinski definition) is 5. The molecule has 0 atom stereocenters. The number of rotatable bonds is 7. The van der Waals surface area contributed by atoms with Crippen LogP contribution in [0.15, 0.2) is 54.7 Å². The topological polar surface area (TPSA) is 80.8 Å². The van der Waals surface area contributed by atoms with E-state index in [-0.39, 0.29) is 23.1 Å². The second kappa shape index (κ2) is 11.4. The summed E-state index contributed by atoms with van der Waals surface area (Å²) >= 11 is 6.07. The summed E-state index contributed by atoms with van der Waals surface area (Å²) in [4.78, 5) is 31.7. The van der Waals surface area contributed by atoms with Crippen molar-refractivity contribution >= 4 is 29.1 Å². The van der Waals surface area contributed by atoms with Crippen molar-refractivity contribution in [2.75, 3.05) is 32.1 Å². The van der Waals surface area contributed by atoms with Gasteiger partial charge in [-0.05, 0) is 61.6 Å². The van der Waals surface area contributed by atoms with E-state index in [0.717, 1.165) is 18.4 Å². The lowest BCUT2D eigenvalue weighted by molar-refractivity contribution is 0.0707. The molecule has 1 aromatic heterocycles. The quantitative estimate of drug-likeness (QED) is 0.449. The first kappa shape index (κ1) is 25.4. The van der Waals surface area contributed by atoms with Gasteiger partial charge in [-0.3, -0.25) is 9.59 Å². The number of amides is 2. The van der Waals surface area contributed by atoms with Crippen molar-refractivity contribution in [3.63, 3.8) is 0 Å². The maximum absolute atomic E-state index is 13.4. The average molecular weight is 512 g/mol. The smallest absolute Gasteiger partial charge is 0.259 e. The molecule has 2 amide bonds. The van der Waals surface area contributed by atoms with E-state index in [2.05, 4.69) is 10.3 Å². The Morgan fingerprint density at radius 1 is 1.11 bits per heavy atom. The first-order valence-electron chi connectivity index (χ1n) is 11.7. The molecule has 0 unspecified atom stereocenters. The zero-order valence-electron chi connectivity index (χ0n) is 20.1. The number of nitrogens with one attached hydrogen (secondary N) is 1. The highest BCUT2D eigenvalue weighted by Crippen LogP contribution is 2.31. The standard InChI is InChI=1S/C27H27ClFN3O4/c1-3-36-26-23(14-19(28)16-30-26)27(34)32-12-10-18(11-13-32)17-4-7-21(8-5-17)31-25(33)22-9-6-20(29)15-24(22)35-2/h4-9,14-16,18H,3,10-13H2,1-2H3,(H,31,33). The van der Waals surface area contributed by atoms with Gasteiger partial charge in [0.15, 0.2) is 0 Å². The number of methoxy groups -OCH3 is 1. The lowest BCUT2D eigenvalue weighted by atomic mass is 9.89. The minimum Gasteiger partial charge on any atom is -0.496 e. The molecule has 0 radical (unpaired) electrons. The second-order valence-corrected chi connectivity index (χ2v) is 8.86. The molecule has 9 heteroatoms. The predicted octanol–water partition coefficient (Wildman–Crippen LogP) is 5.55. The monoisotopic (exact) mass is 511 g/mol. The van der Waals surface area contributed by atoms with E-state index in [1.807, 2.05) is 31.2 Å². The zero-order chi connectivity index (χ0) is 25.7. The number of benzene rings is 2. The third kappa shape index (κ3) is 5.76. The number of anilines is 1. The van der Waals surface area contributed by atoms with Crippen LogP contribution in [0, 0.1) is 5.82 Å². The van der Waals surface area contributed by atoms with Gasteiger partial charge in [-0.25, -0.2) is 9.37 Å². The predicted molar refractivity (Wildman–Crippen MR) is 136 cm³/mol. The summed E-state index contributed by atoms with van der Waals surface area (Å²) in [5.74, 6) is -0.230. The number of piperidine rings is 1. The van der Waals surface area contributed by atoms with Crippen molar-refractivity contribution in [2.45, 2.75) is 25.7 Å². The van der Waals surface area contributed by atoms with E-state index in [0.29, 0.717) is 47.8 Å². The number of aromatic nitrogens is 1. The van der Waals surface area contributed by atoms with Crippen LogP contribution >= 0.6 is 11.6 Å². The number of nitrogens with zero attached hydrogens (tertiary/aromatic N) is 2. The van der Waals surface area contributed by atoms with Gasteiger partial charge in [0.1, 0.15) is 17.1 Å². The van der Waals surface area contributed by atoms with E-state index in [1.54, 1.807) is 11.0 Å². The number of halogens is 2. The summed E-state index contributed by atoms with van der Waals surface area (Å²) in [5, 5.41) is 3.21. The van der Waals surface area contributed by atoms with E-state index in [4.69, 9.17) is 21.1 Å². The normalized spacial score (nSPS) is 13.8. The van der Waals surface area contributed by atoms with Crippen LogP contribution in [-0.4, -0.2) is 48.5 Å². The van der Waals surface area contributed by atoms with Crippen LogP contribution in [0.1, 0.15) is 52.0 Å². The van der Waals surface area contributed by atoms with Gasteiger partial charge < -0.3 is 19.7 Å². The van der Waals surface area contributed by atoms with Crippen LogP contribution < -0.4 is 14.8 Å². The number of hydrogen-bond donors (Lipinski definition) is 1. The average Bonchev–Trinajstić information content (AvgIpc) is 2.89. The van der Waals surface area contributed by atoms with Gasteiger partial charge in [-0.1, -0.05) is 23.7 Å². The molecule has 2 aromatic carbocycles. The first-order chi connectivity index (χ1) is 17.4. The first-order valence-corrected chi connectivity index (χ1v) is 12.1. The van der Waals surface area contributed by atoms with E-state index >= 15 is 0 Å². The fourth-order valence-corrected chi connectivity index (χ4v) is 4.47. The molecule has 1 aliphatic heterocycles. The molecule has 0 aliphatic carbocycles. The molecule has 1 saturated heterocycles. The summed E-state index contributed by atoms with van der Waals surface area (Å²) < 4.78 is 24.0. The number of carbonyl (C=O) groups excluding carboxylic acids is 2. The highest BCUT2D eigenvalue weighted by molar-refractivity contribution is 6.30. The number of ether oxygens (including phenoxy) is 2. The van der Waals surface area contributed by atoms with E-state index < -0.39 is 5.82 Å². The van der Waals surface area contributed by atoms with Crippen LogP contribution in [0.25, 0.3) is 0 Å². The summed E-state index contributed by atoms with van der Waals surface area (Å²) in [5.41, 5.74) is 2.39. The SMILES string of the molecule is CCOc1ncc(Cl)cc1C(=O)N1CCC(c2ccc(NC(=O)c3ccc(F)cc3OC)cc2)CC1. The summed E-state index contributed by atoms with van der Waals surface area (Å²) in [6.07, 6.45) is 3.09. The molecule has 0 spiro atoms. The highest BCUT2D eigenvalue weighted by Gasteiger charge is 2.27.